The molecular formula is C11H13N3S. The van der Waals surface area contributed by atoms with Crippen LogP contribution in [0.5, 0.6) is 0 Å². The highest BCUT2D eigenvalue weighted by Gasteiger charge is 2.09. The molecule has 2 N–H and O–H groups in total. The summed E-state index contributed by atoms with van der Waals surface area (Å²) in [5.41, 5.74) is 7.46. The van der Waals surface area contributed by atoms with Gasteiger partial charge in [0.05, 0.1) is 16.4 Å². The van der Waals surface area contributed by atoms with Crippen LogP contribution in [0.25, 0.3) is 11.4 Å². The lowest BCUT2D eigenvalue weighted by molar-refractivity contribution is 0.766. The Hall–Kier alpha value is -1.26. The lowest BCUT2D eigenvalue weighted by Crippen LogP contribution is -2.08. The van der Waals surface area contributed by atoms with Gasteiger partial charge in [-0.1, -0.05) is 13.0 Å². The summed E-state index contributed by atoms with van der Waals surface area (Å²) < 4.78 is 0. The summed E-state index contributed by atoms with van der Waals surface area (Å²) in [5, 5.41) is 3.11. The van der Waals surface area contributed by atoms with Crippen LogP contribution in [-0.2, 0) is 0 Å². The average Bonchev–Trinajstić information content (AvgIpc) is 2.78. The molecule has 0 aromatic carbocycles. The van der Waals surface area contributed by atoms with E-state index in [1.54, 1.807) is 17.5 Å². The zero-order valence-corrected chi connectivity index (χ0v) is 9.37. The normalized spacial score (nSPS) is 12.7. The molecule has 0 saturated heterocycles. The Balaban J connectivity index is 2.28. The second-order valence-corrected chi connectivity index (χ2v) is 4.31. The smallest absolute Gasteiger partial charge is 0.0998 e. The van der Waals surface area contributed by atoms with Gasteiger partial charge in [0, 0.05) is 24.0 Å². The van der Waals surface area contributed by atoms with E-state index in [9.17, 15) is 0 Å². The van der Waals surface area contributed by atoms with E-state index in [1.165, 1.54) is 0 Å². The van der Waals surface area contributed by atoms with E-state index in [-0.39, 0.29) is 0 Å². The SMILES string of the molecule is CC(CN)c1nc(-c2ccccn2)cs1. The molecule has 15 heavy (non-hydrogen) atoms. The number of aromatic nitrogens is 2. The third-order valence-corrected chi connectivity index (χ3v) is 3.30. The Labute approximate surface area is 93.0 Å². The first-order chi connectivity index (χ1) is 7.31. The van der Waals surface area contributed by atoms with E-state index in [1.807, 2.05) is 23.6 Å². The third-order valence-electron chi connectivity index (χ3n) is 2.22. The first-order valence-corrected chi connectivity index (χ1v) is 5.76. The number of rotatable bonds is 3. The fraction of sp³-hybridized carbons (Fsp3) is 0.273. The van der Waals surface area contributed by atoms with E-state index in [4.69, 9.17) is 5.73 Å². The molecule has 0 saturated carbocycles. The molecule has 0 radical (unpaired) electrons. The summed E-state index contributed by atoms with van der Waals surface area (Å²) in [6.45, 7) is 2.72. The molecule has 3 nitrogen and oxygen atoms in total. The minimum atomic E-state index is 0.326. The van der Waals surface area contributed by atoms with Crippen LogP contribution < -0.4 is 5.73 Å². The maximum absolute atomic E-state index is 5.60. The lowest BCUT2D eigenvalue weighted by Gasteiger charge is -2.01. The van der Waals surface area contributed by atoms with Crippen LogP contribution in [0.2, 0.25) is 0 Å². The van der Waals surface area contributed by atoms with Crippen molar-refractivity contribution in [1.82, 2.24) is 9.97 Å². The quantitative estimate of drug-likeness (QED) is 0.861. The van der Waals surface area contributed by atoms with E-state index >= 15 is 0 Å². The third kappa shape index (κ3) is 2.22. The molecule has 0 bridgehead atoms. The minimum absolute atomic E-state index is 0.326. The molecule has 0 fully saturated rings. The number of hydrogen-bond acceptors (Lipinski definition) is 4. The zero-order chi connectivity index (χ0) is 10.7. The molecule has 0 amide bonds. The Kier molecular flexibility index (Phi) is 3.08. The number of pyridine rings is 1. The average molecular weight is 219 g/mol. The molecule has 1 unspecified atom stereocenters. The summed E-state index contributed by atoms with van der Waals surface area (Å²) in [4.78, 5) is 8.79. The summed E-state index contributed by atoms with van der Waals surface area (Å²) in [7, 11) is 0. The number of hydrogen-bond donors (Lipinski definition) is 1. The second kappa shape index (κ2) is 4.51. The van der Waals surface area contributed by atoms with E-state index in [2.05, 4.69) is 16.9 Å². The topological polar surface area (TPSA) is 51.8 Å². The van der Waals surface area contributed by atoms with Gasteiger partial charge in [-0.05, 0) is 12.1 Å². The van der Waals surface area contributed by atoms with Gasteiger partial charge in [0.1, 0.15) is 0 Å². The minimum Gasteiger partial charge on any atom is -0.330 e. The van der Waals surface area contributed by atoms with Gasteiger partial charge in [-0.15, -0.1) is 11.3 Å². The molecule has 0 aliphatic carbocycles. The highest BCUT2D eigenvalue weighted by molar-refractivity contribution is 7.10. The predicted molar refractivity (Wildman–Crippen MR) is 62.8 cm³/mol. The lowest BCUT2D eigenvalue weighted by atomic mass is 10.2. The largest absolute Gasteiger partial charge is 0.330 e. The molecule has 0 spiro atoms. The number of nitrogens with zero attached hydrogens (tertiary/aromatic N) is 2. The standard InChI is InChI=1S/C11H13N3S/c1-8(6-12)11-14-10(7-15-11)9-4-2-3-5-13-9/h2-5,7-8H,6,12H2,1H3. The first kappa shape index (κ1) is 10.3. The van der Waals surface area contributed by atoms with Gasteiger partial charge in [-0.3, -0.25) is 4.98 Å². The van der Waals surface area contributed by atoms with E-state index in [0.29, 0.717) is 12.5 Å². The van der Waals surface area contributed by atoms with Crippen LogP contribution in [-0.4, -0.2) is 16.5 Å². The maximum Gasteiger partial charge on any atom is 0.0998 e. The Bertz CT molecular complexity index is 424. The summed E-state index contributed by atoms with van der Waals surface area (Å²) in [6.07, 6.45) is 1.78. The van der Waals surface area contributed by atoms with Crippen molar-refractivity contribution in [3.8, 4) is 11.4 Å². The summed E-state index contributed by atoms with van der Waals surface area (Å²) in [6, 6.07) is 5.83. The van der Waals surface area contributed by atoms with Crippen LogP contribution >= 0.6 is 11.3 Å². The molecular weight excluding hydrogens is 206 g/mol. The summed E-state index contributed by atoms with van der Waals surface area (Å²) in [5.74, 6) is 0.326. The highest BCUT2D eigenvalue weighted by Crippen LogP contribution is 2.24. The molecule has 2 aromatic rings. The molecule has 0 aliphatic heterocycles. The first-order valence-electron chi connectivity index (χ1n) is 4.88. The van der Waals surface area contributed by atoms with Crippen LogP contribution in [0.1, 0.15) is 17.8 Å². The van der Waals surface area contributed by atoms with Crippen molar-refractivity contribution >= 4 is 11.3 Å². The van der Waals surface area contributed by atoms with Gasteiger partial charge >= 0.3 is 0 Å². The molecule has 1 atom stereocenters. The molecule has 4 heteroatoms. The zero-order valence-electron chi connectivity index (χ0n) is 8.55. The molecule has 2 heterocycles. The number of thiazole rings is 1. The van der Waals surface area contributed by atoms with Gasteiger partial charge < -0.3 is 5.73 Å². The van der Waals surface area contributed by atoms with E-state index < -0.39 is 0 Å². The van der Waals surface area contributed by atoms with Crippen molar-refractivity contribution in [2.45, 2.75) is 12.8 Å². The highest BCUT2D eigenvalue weighted by atomic mass is 32.1. The van der Waals surface area contributed by atoms with Crippen LogP contribution in [0.15, 0.2) is 29.8 Å². The van der Waals surface area contributed by atoms with Crippen molar-refractivity contribution in [2.24, 2.45) is 5.73 Å². The van der Waals surface area contributed by atoms with Crippen molar-refractivity contribution in [1.29, 1.82) is 0 Å². The van der Waals surface area contributed by atoms with Crippen molar-refractivity contribution in [2.75, 3.05) is 6.54 Å². The van der Waals surface area contributed by atoms with Gasteiger partial charge in [-0.2, -0.15) is 0 Å². The van der Waals surface area contributed by atoms with Crippen LogP contribution in [0, 0.1) is 0 Å². The van der Waals surface area contributed by atoms with Crippen molar-refractivity contribution < 1.29 is 0 Å². The molecule has 0 aliphatic rings. The predicted octanol–water partition coefficient (Wildman–Crippen LogP) is 2.27. The fourth-order valence-corrected chi connectivity index (χ4v) is 2.13. The van der Waals surface area contributed by atoms with E-state index in [0.717, 1.165) is 16.4 Å². The molecule has 2 rings (SSSR count). The Morgan fingerprint density at radius 1 is 1.40 bits per heavy atom. The van der Waals surface area contributed by atoms with Crippen LogP contribution in [0.4, 0.5) is 0 Å². The Morgan fingerprint density at radius 3 is 2.93 bits per heavy atom. The van der Waals surface area contributed by atoms with Crippen molar-refractivity contribution in [3.63, 3.8) is 0 Å². The van der Waals surface area contributed by atoms with Gasteiger partial charge in [-0.25, -0.2) is 4.98 Å². The van der Waals surface area contributed by atoms with Gasteiger partial charge in [0.25, 0.3) is 0 Å². The number of nitrogens with two attached hydrogens (primary N) is 1. The van der Waals surface area contributed by atoms with Gasteiger partial charge in [0.2, 0.25) is 0 Å². The second-order valence-electron chi connectivity index (χ2n) is 3.42. The maximum atomic E-state index is 5.60. The van der Waals surface area contributed by atoms with Crippen LogP contribution in [0.3, 0.4) is 0 Å². The van der Waals surface area contributed by atoms with Gasteiger partial charge in [0.15, 0.2) is 0 Å². The van der Waals surface area contributed by atoms with Crippen molar-refractivity contribution in [3.05, 3.63) is 34.8 Å². The summed E-state index contributed by atoms with van der Waals surface area (Å²) >= 11 is 1.65. The molecule has 2 aromatic heterocycles. The monoisotopic (exact) mass is 219 g/mol. The fourth-order valence-electron chi connectivity index (χ4n) is 1.25. The Morgan fingerprint density at radius 2 is 2.27 bits per heavy atom. The molecule has 78 valence electrons.